The maximum atomic E-state index is 11.0. The van der Waals surface area contributed by atoms with E-state index < -0.39 is 11.9 Å². The van der Waals surface area contributed by atoms with Crippen LogP contribution in [0.1, 0.15) is 16.7 Å². The van der Waals surface area contributed by atoms with Crippen LogP contribution in [0.2, 0.25) is 0 Å². The first-order valence-electron chi connectivity index (χ1n) is 6.27. The van der Waals surface area contributed by atoms with Gasteiger partial charge in [-0.1, -0.05) is 29.5 Å². The van der Waals surface area contributed by atoms with Gasteiger partial charge in [-0.25, -0.2) is 4.79 Å². The number of anilines is 1. The summed E-state index contributed by atoms with van der Waals surface area (Å²) in [5, 5.41) is 10.8. The van der Waals surface area contributed by atoms with E-state index in [9.17, 15) is 9.59 Å². The SMILES string of the molecule is Cc1ccc(C#Cc2ccc(NC(=O)C(=O)O)cc2)cc1. The van der Waals surface area contributed by atoms with Gasteiger partial charge in [0.1, 0.15) is 0 Å². The quantitative estimate of drug-likeness (QED) is 0.622. The number of benzene rings is 2. The Kier molecular flexibility index (Phi) is 4.37. The van der Waals surface area contributed by atoms with Crippen LogP contribution in [0, 0.1) is 18.8 Å². The van der Waals surface area contributed by atoms with Gasteiger partial charge in [-0.15, -0.1) is 0 Å². The van der Waals surface area contributed by atoms with Crippen molar-refractivity contribution in [2.45, 2.75) is 6.92 Å². The van der Waals surface area contributed by atoms with E-state index in [-0.39, 0.29) is 0 Å². The molecule has 0 aromatic heterocycles. The highest BCUT2D eigenvalue weighted by Crippen LogP contribution is 2.09. The number of carbonyl (C=O) groups excluding carboxylic acids is 1. The van der Waals surface area contributed by atoms with Gasteiger partial charge < -0.3 is 10.4 Å². The lowest BCUT2D eigenvalue weighted by Gasteiger charge is -2.01. The molecule has 0 aliphatic heterocycles. The van der Waals surface area contributed by atoms with Crippen LogP contribution in [0.4, 0.5) is 5.69 Å². The normalized spacial score (nSPS) is 9.38. The lowest BCUT2D eigenvalue weighted by Crippen LogP contribution is -2.21. The second-order valence-electron chi connectivity index (χ2n) is 4.45. The number of carboxylic acids is 1. The van der Waals surface area contributed by atoms with Gasteiger partial charge in [0, 0.05) is 16.8 Å². The summed E-state index contributed by atoms with van der Waals surface area (Å²) in [6.45, 7) is 2.02. The number of carboxylic acid groups (broad SMARTS) is 1. The standard InChI is InChI=1S/C17H13NO3/c1-12-2-4-13(5-3-12)6-7-14-8-10-15(11-9-14)18-16(19)17(20)21/h2-5,8-11H,1H3,(H,18,19)(H,20,21). The van der Waals surface area contributed by atoms with E-state index in [0.29, 0.717) is 5.69 Å². The number of rotatable bonds is 1. The Morgan fingerprint density at radius 1 is 0.905 bits per heavy atom. The van der Waals surface area contributed by atoms with Crippen LogP contribution in [0.15, 0.2) is 48.5 Å². The molecule has 0 radical (unpaired) electrons. The number of aliphatic carboxylic acids is 1. The molecule has 4 nitrogen and oxygen atoms in total. The van der Waals surface area contributed by atoms with Crippen molar-refractivity contribution in [1.82, 2.24) is 0 Å². The van der Waals surface area contributed by atoms with Crippen molar-refractivity contribution in [2.75, 3.05) is 5.32 Å². The fourth-order valence-electron chi connectivity index (χ4n) is 1.60. The molecule has 0 spiro atoms. The maximum Gasteiger partial charge on any atom is 0.394 e. The van der Waals surface area contributed by atoms with Crippen molar-refractivity contribution < 1.29 is 14.7 Å². The monoisotopic (exact) mass is 279 g/mol. The van der Waals surface area contributed by atoms with Crippen molar-refractivity contribution in [3.8, 4) is 11.8 Å². The topological polar surface area (TPSA) is 66.4 Å². The van der Waals surface area contributed by atoms with E-state index in [1.807, 2.05) is 31.2 Å². The summed E-state index contributed by atoms with van der Waals surface area (Å²) in [6.07, 6.45) is 0. The summed E-state index contributed by atoms with van der Waals surface area (Å²) in [7, 11) is 0. The zero-order valence-electron chi connectivity index (χ0n) is 11.4. The van der Waals surface area contributed by atoms with Gasteiger partial charge in [-0.3, -0.25) is 4.79 Å². The fraction of sp³-hybridized carbons (Fsp3) is 0.0588. The Balaban J connectivity index is 2.08. The van der Waals surface area contributed by atoms with Gasteiger partial charge in [-0.05, 0) is 43.3 Å². The molecule has 2 aromatic carbocycles. The Morgan fingerprint density at radius 2 is 1.38 bits per heavy atom. The van der Waals surface area contributed by atoms with Gasteiger partial charge >= 0.3 is 11.9 Å². The molecule has 0 aliphatic carbocycles. The zero-order chi connectivity index (χ0) is 15.2. The Morgan fingerprint density at radius 3 is 1.86 bits per heavy atom. The number of amides is 1. The average molecular weight is 279 g/mol. The Bertz CT molecular complexity index is 719. The first-order valence-corrected chi connectivity index (χ1v) is 6.27. The number of nitrogens with one attached hydrogen (secondary N) is 1. The van der Waals surface area contributed by atoms with Crippen molar-refractivity contribution in [3.63, 3.8) is 0 Å². The first-order chi connectivity index (χ1) is 10.0. The van der Waals surface area contributed by atoms with Crippen molar-refractivity contribution in [1.29, 1.82) is 0 Å². The average Bonchev–Trinajstić information content (AvgIpc) is 2.48. The largest absolute Gasteiger partial charge is 0.474 e. The molecule has 2 rings (SSSR count). The van der Waals surface area contributed by atoms with Gasteiger partial charge in [-0.2, -0.15) is 0 Å². The molecule has 4 heteroatoms. The molecule has 0 aliphatic rings. The summed E-state index contributed by atoms with van der Waals surface area (Å²) in [6, 6.07) is 14.5. The van der Waals surface area contributed by atoms with Gasteiger partial charge in [0.05, 0.1) is 0 Å². The lowest BCUT2D eigenvalue weighted by atomic mass is 10.1. The molecule has 0 saturated carbocycles. The van der Waals surface area contributed by atoms with Crippen molar-refractivity contribution >= 4 is 17.6 Å². The highest BCUT2D eigenvalue weighted by atomic mass is 16.4. The predicted octanol–water partition coefficient (Wildman–Crippen LogP) is 2.42. The molecule has 0 atom stereocenters. The first kappa shape index (κ1) is 14.4. The highest BCUT2D eigenvalue weighted by molar-refractivity contribution is 6.36. The van der Waals surface area contributed by atoms with Gasteiger partial charge in [0.15, 0.2) is 0 Å². The third-order valence-electron chi connectivity index (χ3n) is 2.74. The molecule has 21 heavy (non-hydrogen) atoms. The molecule has 104 valence electrons. The van der Waals surface area contributed by atoms with E-state index in [0.717, 1.165) is 11.1 Å². The Labute approximate surface area is 122 Å². The minimum Gasteiger partial charge on any atom is -0.474 e. The zero-order valence-corrected chi connectivity index (χ0v) is 11.4. The van der Waals surface area contributed by atoms with Crippen molar-refractivity contribution in [3.05, 3.63) is 65.2 Å². The van der Waals surface area contributed by atoms with Crippen LogP contribution >= 0.6 is 0 Å². The molecule has 0 heterocycles. The Hall–Kier alpha value is -3.06. The summed E-state index contributed by atoms with van der Waals surface area (Å²) in [5.74, 6) is 3.46. The van der Waals surface area contributed by atoms with Crippen LogP contribution in [-0.2, 0) is 9.59 Å². The van der Waals surface area contributed by atoms with Crippen LogP contribution in [0.5, 0.6) is 0 Å². The molecule has 2 aromatic rings. The van der Waals surface area contributed by atoms with E-state index in [2.05, 4.69) is 17.2 Å². The highest BCUT2D eigenvalue weighted by Gasteiger charge is 2.10. The molecule has 0 fully saturated rings. The minimum absolute atomic E-state index is 0.420. The van der Waals surface area contributed by atoms with Crippen LogP contribution in [0.25, 0.3) is 0 Å². The van der Waals surface area contributed by atoms with E-state index in [1.54, 1.807) is 24.3 Å². The molecule has 0 saturated heterocycles. The molecule has 2 N–H and O–H groups in total. The third-order valence-corrected chi connectivity index (χ3v) is 2.74. The number of carbonyl (C=O) groups is 2. The van der Waals surface area contributed by atoms with E-state index in [1.165, 1.54) is 5.56 Å². The predicted molar refractivity (Wildman–Crippen MR) is 79.9 cm³/mol. The third kappa shape index (κ3) is 4.22. The fourth-order valence-corrected chi connectivity index (χ4v) is 1.60. The summed E-state index contributed by atoms with van der Waals surface area (Å²) in [4.78, 5) is 21.4. The maximum absolute atomic E-state index is 11.0. The number of hydrogen-bond donors (Lipinski definition) is 2. The van der Waals surface area contributed by atoms with Crippen LogP contribution < -0.4 is 5.32 Å². The molecule has 1 amide bonds. The molecule has 0 unspecified atom stereocenters. The second kappa shape index (κ2) is 6.40. The lowest BCUT2D eigenvalue weighted by molar-refractivity contribution is -0.147. The van der Waals surface area contributed by atoms with Crippen LogP contribution in [-0.4, -0.2) is 17.0 Å². The summed E-state index contributed by atoms with van der Waals surface area (Å²) in [5.41, 5.74) is 3.30. The minimum atomic E-state index is -1.52. The summed E-state index contributed by atoms with van der Waals surface area (Å²) >= 11 is 0. The number of aryl methyl sites for hydroxylation is 1. The molecular weight excluding hydrogens is 266 g/mol. The number of hydrogen-bond acceptors (Lipinski definition) is 2. The molecule has 0 bridgehead atoms. The van der Waals surface area contributed by atoms with Crippen molar-refractivity contribution in [2.24, 2.45) is 0 Å². The second-order valence-corrected chi connectivity index (χ2v) is 4.45. The van der Waals surface area contributed by atoms with E-state index >= 15 is 0 Å². The smallest absolute Gasteiger partial charge is 0.394 e. The van der Waals surface area contributed by atoms with E-state index in [4.69, 9.17) is 5.11 Å². The molecular formula is C17H13NO3. The van der Waals surface area contributed by atoms with Crippen LogP contribution in [0.3, 0.4) is 0 Å². The summed E-state index contributed by atoms with van der Waals surface area (Å²) < 4.78 is 0. The van der Waals surface area contributed by atoms with Gasteiger partial charge in [0.25, 0.3) is 0 Å². The van der Waals surface area contributed by atoms with Gasteiger partial charge in [0.2, 0.25) is 0 Å².